The molecule has 0 saturated carbocycles. The molecule has 0 spiro atoms. The van der Waals surface area contributed by atoms with Crippen molar-refractivity contribution in [3.63, 3.8) is 0 Å². The molecule has 0 radical (unpaired) electrons. The SMILES string of the molecule is COC(=O)[C@@H]1C[C@@H](Oc2ccccc2)c2cccn2C1=O. The van der Waals surface area contributed by atoms with E-state index in [1.807, 2.05) is 36.4 Å². The number of nitrogens with zero attached hydrogens (tertiary/aromatic N) is 1. The number of aromatic nitrogens is 1. The third-order valence-corrected chi connectivity index (χ3v) is 3.60. The second-order valence-corrected chi connectivity index (χ2v) is 4.87. The van der Waals surface area contributed by atoms with Crippen molar-refractivity contribution >= 4 is 11.9 Å². The van der Waals surface area contributed by atoms with E-state index in [9.17, 15) is 9.59 Å². The lowest BCUT2D eigenvalue weighted by Gasteiger charge is -2.29. The van der Waals surface area contributed by atoms with Crippen molar-refractivity contribution in [3.8, 4) is 5.75 Å². The summed E-state index contributed by atoms with van der Waals surface area (Å²) < 4.78 is 12.1. The molecule has 108 valence electrons. The monoisotopic (exact) mass is 285 g/mol. The van der Waals surface area contributed by atoms with Gasteiger partial charge in [-0.3, -0.25) is 14.2 Å². The van der Waals surface area contributed by atoms with Crippen LogP contribution in [0.3, 0.4) is 0 Å². The molecule has 0 bridgehead atoms. The highest BCUT2D eigenvalue weighted by molar-refractivity contribution is 6.00. The van der Waals surface area contributed by atoms with Gasteiger partial charge in [0.2, 0.25) is 5.91 Å². The van der Waals surface area contributed by atoms with Gasteiger partial charge in [-0.2, -0.15) is 0 Å². The van der Waals surface area contributed by atoms with Crippen LogP contribution in [0.4, 0.5) is 0 Å². The summed E-state index contributed by atoms with van der Waals surface area (Å²) in [6.07, 6.45) is 1.57. The van der Waals surface area contributed by atoms with Crippen LogP contribution in [-0.4, -0.2) is 23.6 Å². The molecule has 1 aliphatic rings. The van der Waals surface area contributed by atoms with E-state index in [0.29, 0.717) is 5.75 Å². The van der Waals surface area contributed by atoms with Crippen LogP contribution in [0, 0.1) is 5.92 Å². The molecular weight excluding hydrogens is 270 g/mol. The van der Waals surface area contributed by atoms with E-state index in [4.69, 9.17) is 9.47 Å². The highest BCUT2D eigenvalue weighted by Gasteiger charge is 2.39. The first kappa shape index (κ1) is 13.4. The number of carbonyl (C=O) groups is 2. The first-order chi connectivity index (χ1) is 10.2. The zero-order valence-electron chi connectivity index (χ0n) is 11.6. The molecule has 2 aromatic rings. The molecule has 0 unspecified atom stereocenters. The number of rotatable bonds is 3. The van der Waals surface area contributed by atoms with Crippen LogP contribution in [0.5, 0.6) is 5.75 Å². The van der Waals surface area contributed by atoms with E-state index in [1.54, 1.807) is 12.3 Å². The molecule has 0 fully saturated rings. The molecule has 5 nitrogen and oxygen atoms in total. The maximum absolute atomic E-state index is 12.3. The summed E-state index contributed by atoms with van der Waals surface area (Å²) in [6.45, 7) is 0. The van der Waals surface area contributed by atoms with E-state index >= 15 is 0 Å². The van der Waals surface area contributed by atoms with Crippen LogP contribution in [0.25, 0.3) is 0 Å². The standard InChI is InChI=1S/C16H15NO4/c1-20-16(19)12-10-14(21-11-6-3-2-4-7-11)13-8-5-9-17(13)15(12)18/h2-9,12,14H,10H2,1H3/t12-,14-/m1/s1. The number of hydrogen-bond acceptors (Lipinski definition) is 4. The van der Waals surface area contributed by atoms with Gasteiger partial charge in [-0.1, -0.05) is 18.2 Å². The summed E-state index contributed by atoms with van der Waals surface area (Å²) in [5, 5.41) is 0. The number of benzene rings is 1. The molecule has 3 rings (SSSR count). The lowest BCUT2D eigenvalue weighted by molar-refractivity contribution is -0.145. The average Bonchev–Trinajstić information content (AvgIpc) is 3.00. The normalized spacial score (nSPS) is 20.7. The van der Waals surface area contributed by atoms with E-state index in [-0.39, 0.29) is 18.4 Å². The maximum Gasteiger partial charge on any atom is 0.318 e. The molecule has 2 heterocycles. The molecule has 1 aromatic carbocycles. The van der Waals surface area contributed by atoms with Crippen molar-refractivity contribution in [3.05, 3.63) is 54.4 Å². The number of fused-ring (bicyclic) bond motifs is 1. The summed E-state index contributed by atoms with van der Waals surface area (Å²) >= 11 is 0. The Morgan fingerprint density at radius 3 is 2.67 bits per heavy atom. The van der Waals surface area contributed by atoms with Gasteiger partial charge in [-0.25, -0.2) is 0 Å². The Morgan fingerprint density at radius 1 is 1.19 bits per heavy atom. The van der Waals surface area contributed by atoms with Crippen molar-refractivity contribution < 1.29 is 19.1 Å². The quantitative estimate of drug-likeness (QED) is 0.642. The molecule has 5 heteroatoms. The second-order valence-electron chi connectivity index (χ2n) is 4.87. The van der Waals surface area contributed by atoms with Gasteiger partial charge < -0.3 is 9.47 Å². The summed E-state index contributed by atoms with van der Waals surface area (Å²) in [7, 11) is 1.29. The Morgan fingerprint density at radius 2 is 1.95 bits per heavy atom. The van der Waals surface area contributed by atoms with Crippen LogP contribution < -0.4 is 4.74 Å². The van der Waals surface area contributed by atoms with Gasteiger partial charge >= 0.3 is 5.97 Å². The Hall–Kier alpha value is -2.56. The summed E-state index contributed by atoms with van der Waals surface area (Å²) in [4.78, 5) is 24.1. The first-order valence-electron chi connectivity index (χ1n) is 6.71. The van der Waals surface area contributed by atoms with E-state index < -0.39 is 11.9 Å². The minimum Gasteiger partial charge on any atom is -0.484 e. The minimum atomic E-state index is -0.830. The van der Waals surface area contributed by atoms with E-state index in [1.165, 1.54) is 11.7 Å². The topological polar surface area (TPSA) is 57.5 Å². The molecular formula is C16H15NO4. The predicted octanol–water partition coefficient (Wildman–Crippen LogP) is 2.44. The lowest BCUT2D eigenvalue weighted by atomic mass is 9.94. The minimum absolute atomic E-state index is 0.269. The Kier molecular flexibility index (Phi) is 3.48. The molecule has 0 saturated heterocycles. The van der Waals surface area contributed by atoms with Crippen molar-refractivity contribution in [1.29, 1.82) is 0 Å². The van der Waals surface area contributed by atoms with Crippen molar-refractivity contribution in [2.24, 2.45) is 5.92 Å². The Bertz CT molecular complexity index is 662. The van der Waals surface area contributed by atoms with Crippen molar-refractivity contribution in [1.82, 2.24) is 4.57 Å². The van der Waals surface area contributed by atoms with Crippen LogP contribution in [-0.2, 0) is 9.53 Å². The zero-order chi connectivity index (χ0) is 14.8. The highest BCUT2D eigenvalue weighted by atomic mass is 16.5. The molecule has 0 aliphatic carbocycles. The molecule has 1 aromatic heterocycles. The number of ether oxygens (including phenoxy) is 2. The third kappa shape index (κ3) is 2.42. The van der Waals surface area contributed by atoms with Gasteiger partial charge in [0.05, 0.1) is 12.8 Å². The van der Waals surface area contributed by atoms with Gasteiger partial charge in [0.15, 0.2) is 0 Å². The maximum atomic E-state index is 12.3. The van der Waals surface area contributed by atoms with Crippen LogP contribution in [0.1, 0.15) is 23.0 Å². The molecule has 2 atom stereocenters. The molecule has 0 amide bonds. The first-order valence-corrected chi connectivity index (χ1v) is 6.71. The third-order valence-electron chi connectivity index (χ3n) is 3.60. The smallest absolute Gasteiger partial charge is 0.318 e. The van der Waals surface area contributed by atoms with E-state index in [0.717, 1.165) is 5.69 Å². The predicted molar refractivity (Wildman–Crippen MR) is 75.0 cm³/mol. The van der Waals surface area contributed by atoms with Gasteiger partial charge in [-0.15, -0.1) is 0 Å². The van der Waals surface area contributed by atoms with Crippen LogP contribution in [0.2, 0.25) is 0 Å². The second kappa shape index (κ2) is 5.44. The Balaban J connectivity index is 1.92. The van der Waals surface area contributed by atoms with Crippen molar-refractivity contribution in [2.75, 3.05) is 7.11 Å². The number of methoxy groups -OCH3 is 1. The van der Waals surface area contributed by atoms with Crippen LogP contribution >= 0.6 is 0 Å². The van der Waals surface area contributed by atoms with Gasteiger partial charge in [0.25, 0.3) is 0 Å². The number of para-hydroxylation sites is 1. The number of hydrogen-bond donors (Lipinski definition) is 0. The lowest BCUT2D eigenvalue weighted by Crippen LogP contribution is -2.37. The summed E-state index contributed by atoms with van der Waals surface area (Å²) in [5.41, 5.74) is 0.754. The molecule has 1 aliphatic heterocycles. The zero-order valence-corrected chi connectivity index (χ0v) is 11.6. The Labute approximate surface area is 122 Å². The van der Waals surface area contributed by atoms with Gasteiger partial charge in [0.1, 0.15) is 17.8 Å². The summed E-state index contributed by atoms with van der Waals surface area (Å²) in [6, 6.07) is 12.9. The molecule has 21 heavy (non-hydrogen) atoms. The fourth-order valence-corrected chi connectivity index (χ4v) is 2.57. The number of esters is 1. The molecule has 0 N–H and O–H groups in total. The fraction of sp³-hybridized carbons (Fsp3) is 0.250. The van der Waals surface area contributed by atoms with E-state index in [2.05, 4.69) is 0 Å². The summed E-state index contributed by atoms with van der Waals surface area (Å²) in [5.74, 6) is -0.924. The van der Waals surface area contributed by atoms with Gasteiger partial charge in [-0.05, 0) is 24.3 Å². The highest BCUT2D eigenvalue weighted by Crippen LogP contribution is 2.33. The number of carbonyl (C=O) groups excluding carboxylic acids is 2. The largest absolute Gasteiger partial charge is 0.484 e. The fourth-order valence-electron chi connectivity index (χ4n) is 2.57. The average molecular weight is 285 g/mol. The van der Waals surface area contributed by atoms with Crippen LogP contribution in [0.15, 0.2) is 48.7 Å². The van der Waals surface area contributed by atoms with Crippen molar-refractivity contribution in [2.45, 2.75) is 12.5 Å². The van der Waals surface area contributed by atoms with Gasteiger partial charge in [0, 0.05) is 12.6 Å².